The molecule has 1 saturated carbocycles. The van der Waals surface area contributed by atoms with Crippen molar-refractivity contribution in [2.45, 2.75) is 31.3 Å². The Morgan fingerprint density at radius 1 is 1.16 bits per heavy atom. The summed E-state index contributed by atoms with van der Waals surface area (Å²) >= 11 is 18.4. The monoisotopic (exact) mass is 320 g/mol. The lowest BCUT2D eigenvalue weighted by Crippen LogP contribution is -2.56. The molecule has 0 amide bonds. The topological polar surface area (TPSA) is 15.3 Å². The van der Waals surface area contributed by atoms with Gasteiger partial charge in [-0.05, 0) is 45.5 Å². The first kappa shape index (κ1) is 15.4. The van der Waals surface area contributed by atoms with Crippen molar-refractivity contribution in [3.63, 3.8) is 0 Å². The van der Waals surface area contributed by atoms with E-state index >= 15 is 0 Å². The molecule has 2 nitrogen and oxygen atoms in total. The highest BCUT2D eigenvalue weighted by molar-refractivity contribution is 6.44. The molecule has 0 bridgehead atoms. The number of nitrogens with zero attached hydrogens (tertiary/aromatic N) is 1. The maximum absolute atomic E-state index is 6.19. The van der Waals surface area contributed by atoms with Gasteiger partial charge in [0.05, 0.1) is 10.0 Å². The zero-order chi connectivity index (χ0) is 14.0. The first-order valence-corrected chi connectivity index (χ1v) is 7.60. The molecule has 1 aromatic rings. The van der Waals surface area contributed by atoms with Gasteiger partial charge in [0.15, 0.2) is 0 Å². The molecular formula is C14H19Cl3N2. The average molecular weight is 322 g/mol. The van der Waals surface area contributed by atoms with E-state index in [-0.39, 0.29) is 5.54 Å². The number of halogens is 3. The van der Waals surface area contributed by atoms with Crippen LogP contribution in [0.5, 0.6) is 0 Å². The molecular weight excluding hydrogens is 303 g/mol. The first-order chi connectivity index (χ1) is 8.96. The summed E-state index contributed by atoms with van der Waals surface area (Å²) < 4.78 is 0. The SMILES string of the molecule is CN(C)C1(CNCc2c(Cl)ccc(Cl)c2Cl)CCC1. The lowest BCUT2D eigenvalue weighted by atomic mass is 9.75. The van der Waals surface area contributed by atoms with Crippen molar-refractivity contribution in [3.05, 3.63) is 32.8 Å². The minimum Gasteiger partial charge on any atom is -0.311 e. The third kappa shape index (κ3) is 3.20. The molecule has 5 heteroatoms. The van der Waals surface area contributed by atoms with E-state index in [9.17, 15) is 0 Å². The third-order valence-electron chi connectivity index (χ3n) is 4.13. The summed E-state index contributed by atoms with van der Waals surface area (Å²) in [6, 6.07) is 3.51. The molecule has 0 spiro atoms. The number of benzene rings is 1. The van der Waals surface area contributed by atoms with E-state index < -0.39 is 0 Å². The fourth-order valence-electron chi connectivity index (χ4n) is 2.52. The molecule has 1 aliphatic rings. The van der Waals surface area contributed by atoms with Gasteiger partial charge in [-0.25, -0.2) is 0 Å². The predicted molar refractivity (Wildman–Crippen MR) is 83.4 cm³/mol. The van der Waals surface area contributed by atoms with E-state index in [0.717, 1.165) is 12.1 Å². The lowest BCUT2D eigenvalue weighted by molar-refractivity contribution is 0.0598. The highest BCUT2D eigenvalue weighted by Gasteiger charge is 2.38. The highest BCUT2D eigenvalue weighted by atomic mass is 35.5. The van der Waals surface area contributed by atoms with E-state index in [4.69, 9.17) is 34.8 Å². The quantitative estimate of drug-likeness (QED) is 0.817. The molecule has 0 heterocycles. The molecule has 0 atom stereocenters. The third-order valence-corrected chi connectivity index (χ3v) is 5.33. The Morgan fingerprint density at radius 2 is 1.79 bits per heavy atom. The van der Waals surface area contributed by atoms with Gasteiger partial charge in [0.2, 0.25) is 0 Å². The standard InChI is InChI=1S/C14H19Cl3N2/c1-19(2)14(6-3-7-14)9-18-8-10-11(15)4-5-12(16)13(10)17/h4-5,18H,3,6-9H2,1-2H3. The van der Waals surface area contributed by atoms with E-state index in [1.165, 1.54) is 19.3 Å². The van der Waals surface area contributed by atoms with E-state index in [2.05, 4.69) is 24.3 Å². The van der Waals surface area contributed by atoms with Crippen LogP contribution in [-0.4, -0.2) is 31.1 Å². The molecule has 2 rings (SSSR count). The second-order valence-corrected chi connectivity index (χ2v) is 6.59. The highest BCUT2D eigenvalue weighted by Crippen LogP contribution is 2.36. The summed E-state index contributed by atoms with van der Waals surface area (Å²) in [5.41, 5.74) is 1.17. The molecule has 0 unspecified atom stereocenters. The van der Waals surface area contributed by atoms with Crippen LogP contribution in [0, 0.1) is 0 Å². The summed E-state index contributed by atoms with van der Waals surface area (Å²) in [6.45, 7) is 1.59. The van der Waals surface area contributed by atoms with Crippen molar-refractivity contribution >= 4 is 34.8 Å². The van der Waals surface area contributed by atoms with Crippen LogP contribution < -0.4 is 5.32 Å². The van der Waals surface area contributed by atoms with Gasteiger partial charge in [0, 0.05) is 29.2 Å². The van der Waals surface area contributed by atoms with Crippen molar-refractivity contribution in [2.75, 3.05) is 20.6 Å². The lowest BCUT2D eigenvalue weighted by Gasteiger charge is -2.47. The van der Waals surface area contributed by atoms with Crippen molar-refractivity contribution in [1.82, 2.24) is 10.2 Å². The van der Waals surface area contributed by atoms with Gasteiger partial charge < -0.3 is 10.2 Å². The zero-order valence-electron chi connectivity index (χ0n) is 11.3. The molecule has 0 aromatic heterocycles. The summed E-state index contributed by atoms with van der Waals surface area (Å²) in [6.07, 6.45) is 3.78. The Balaban J connectivity index is 1.98. The number of hydrogen-bond donors (Lipinski definition) is 1. The van der Waals surface area contributed by atoms with Crippen molar-refractivity contribution in [3.8, 4) is 0 Å². The maximum Gasteiger partial charge on any atom is 0.0652 e. The van der Waals surface area contributed by atoms with Crippen molar-refractivity contribution < 1.29 is 0 Å². The van der Waals surface area contributed by atoms with Crippen LogP contribution in [0.4, 0.5) is 0 Å². The van der Waals surface area contributed by atoms with Crippen LogP contribution in [0.15, 0.2) is 12.1 Å². The average Bonchev–Trinajstić information content (AvgIpc) is 2.30. The Bertz CT molecular complexity index is 456. The van der Waals surface area contributed by atoms with Crippen molar-refractivity contribution in [1.29, 1.82) is 0 Å². The normalized spacial score (nSPS) is 17.6. The van der Waals surface area contributed by atoms with Crippen LogP contribution >= 0.6 is 34.8 Å². The predicted octanol–water partition coefficient (Wildman–Crippen LogP) is 4.22. The second kappa shape index (κ2) is 6.19. The first-order valence-electron chi connectivity index (χ1n) is 6.47. The number of hydrogen-bond acceptors (Lipinski definition) is 2. The number of likely N-dealkylation sites (N-methyl/N-ethyl adjacent to an activating group) is 1. The molecule has 1 fully saturated rings. The fraction of sp³-hybridized carbons (Fsp3) is 0.571. The van der Waals surface area contributed by atoms with Crippen LogP contribution in [0.3, 0.4) is 0 Å². The Kier molecular flexibility index (Phi) is 5.02. The van der Waals surface area contributed by atoms with E-state index in [0.29, 0.717) is 21.6 Å². The summed E-state index contributed by atoms with van der Waals surface area (Å²) in [4.78, 5) is 2.31. The van der Waals surface area contributed by atoms with Gasteiger partial charge >= 0.3 is 0 Å². The molecule has 19 heavy (non-hydrogen) atoms. The molecule has 1 aromatic carbocycles. The zero-order valence-corrected chi connectivity index (χ0v) is 13.5. The number of rotatable bonds is 5. The minimum absolute atomic E-state index is 0.289. The van der Waals surface area contributed by atoms with Crippen LogP contribution in [-0.2, 0) is 6.54 Å². The molecule has 0 aliphatic heterocycles. The van der Waals surface area contributed by atoms with Crippen molar-refractivity contribution in [2.24, 2.45) is 0 Å². The number of nitrogens with one attached hydrogen (secondary N) is 1. The van der Waals surface area contributed by atoms with Gasteiger partial charge in [0.1, 0.15) is 0 Å². The Labute approximate surface area is 130 Å². The summed E-state index contributed by atoms with van der Waals surface area (Å²) in [7, 11) is 4.28. The van der Waals surface area contributed by atoms with Crippen LogP contribution in [0.1, 0.15) is 24.8 Å². The van der Waals surface area contributed by atoms with E-state index in [1.54, 1.807) is 12.1 Å². The second-order valence-electron chi connectivity index (χ2n) is 5.40. The molecule has 106 valence electrons. The Hall–Kier alpha value is 0.01000. The van der Waals surface area contributed by atoms with Gasteiger partial charge in [-0.3, -0.25) is 0 Å². The largest absolute Gasteiger partial charge is 0.311 e. The maximum atomic E-state index is 6.19. The summed E-state index contributed by atoms with van der Waals surface area (Å²) in [5, 5.41) is 5.23. The fourth-order valence-corrected chi connectivity index (χ4v) is 3.20. The van der Waals surface area contributed by atoms with Gasteiger partial charge in [0.25, 0.3) is 0 Å². The van der Waals surface area contributed by atoms with Gasteiger partial charge in [-0.15, -0.1) is 0 Å². The Morgan fingerprint density at radius 3 is 2.32 bits per heavy atom. The van der Waals surface area contributed by atoms with Crippen LogP contribution in [0.25, 0.3) is 0 Å². The molecule has 0 saturated heterocycles. The van der Waals surface area contributed by atoms with E-state index in [1.807, 2.05) is 0 Å². The minimum atomic E-state index is 0.289. The van der Waals surface area contributed by atoms with Gasteiger partial charge in [-0.2, -0.15) is 0 Å². The van der Waals surface area contributed by atoms with Gasteiger partial charge in [-0.1, -0.05) is 34.8 Å². The molecule has 1 N–H and O–H groups in total. The summed E-state index contributed by atoms with van der Waals surface area (Å²) in [5.74, 6) is 0. The smallest absolute Gasteiger partial charge is 0.0652 e. The van der Waals surface area contributed by atoms with Crippen LogP contribution in [0.2, 0.25) is 15.1 Å². The molecule has 1 aliphatic carbocycles. The molecule has 0 radical (unpaired) electrons.